The van der Waals surface area contributed by atoms with E-state index in [2.05, 4.69) is 0 Å². The van der Waals surface area contributed by atoms with E-state index in [-0.39, 0.29) is 16.3 Å². The molecule has 2 rings (SSSR count). The number of carboxylic acid groups (broad SMARTS) is 1. The fourth-order valence-electron chi connectivity index (χ4n) is 2.26. The predicted molar refractivity (Wildman–Crippen MR) is 71.1 cm³/mol. The van der Waals surface area contributed by atoms with Gasteiger partial charge in [0.05, 0.1) is 16.2 Å². The summed E-state index contributed by atoms with van der Waals surface area (Å²) in [7, 11) is 0. The van der Waals surface area contributed by atoms with Gasteiger partial charge in [0, 0.05) is 19.2 Å². The molecule has 7 heteroatoms. The van der Waals surface area contributed by atoms with Crippen LogP contribution in [0.1, 0.15) is 29.6 Å². The Morgan fingerprint density at radius 3 is 2.47 bits per heavy atom. The number of nitrogens with zero attached hydrogens (tertiary/aromatic N) is 2. The van der Waals surface area contributed by atoms with E-state index in [0.717, 1.165) is 38.4 Å². The molecule has 0 bridgehead atoms. The summed E-state index contributed by atoms with van der Waals surface area (Å²) in [5.41, 5.74) is 0.0145. The Morgan fingerprint density at radius 1 is 1.32 bits per heavy atom. The Labute approximate surface area is 114 Å². The number of hydrogen-bond acceptors (Lipinski definition) is 4. The lowest BCUT2D eigenvalue weighted by atomic mass is 10.1. The van der Waals surface area contributed by atoms with Crippen molar-refractivity contribution in [3.8, 4) is 0 Å². The molecule has 0 unspecified atom stereocenters. The van der Waals surface area contributed by atoms with Gasteiger partial charge in [0.25, 0.3) is 5.69 Å². The molecule has 1 fully saturated rings. The molecule has 0 spiro atoms. The lowest BCUT2D eigenvalue weighted by molar-refractivity contribution is -0.384. The molecule has 0 amide bonds. The summed E-state index contributed by atoms with van der Waals surface area (Å²) < 4.78 is 0. The lowest BCUT2D eigenvalue weighted by Gasteiger charge is -2.29. The highest BCUT2D eigenvalue weighted by Gasteiger charge is 2.24. The molecule has 1 aromatic rings. The minimum absolute atomic E-state index is 0.0319. The van der Waals surface area contributed by atoms with Crippen molar-refractivity contribution in [2.75, 3.05) is 18.0 Å². The van der Waals surface area contributed by atoms with Gasteiger partial charge in [-0.05, 0) is 25.3 Å². The number of anilines is 1. The van der Waals surface area contributed by atoms with Crippen molar-refractivity contribution < 1.29 is 14.8 Å². The van der Waals surface area contributed by atoms with Crippen LogP contribution in [0.25, 0.3) is 0 Å². The van der Waals surface area contributed by atoms with Crippen molar-refractivity contribution in [1.29, 1.82) is 0 Å². The molecule has 0 aliphatic carbocycles. The number of aromatic carboxylic acids is 1. The number of nitro benzene ring substituents is 1. The second-order valence-electron chi connectivity index (χ2n) is 4.43. The summed E-state index contributed by atoms with van der Waals surface area (Å²) >= 11 is 5.86. The highest BCUT2D eigenvalue weighted by atomic mass is 35.5. The summed E-state index contributed by atoms with van der Waals surface area (Å²) in [4.78, 5) is 23.3. The van der Waals surface area contributed by atoms with Crippen LogP contribution in [0, 0.1) is 10.1 Å². The van der Waals surface area contributed by atoms with Gasteiger partial charge in [-0.15, -0.1) is 0 Å². The maximum atomic E-state index is 11.3. The Hall–Kier alpha value is -1.82. The fraction of sp³-hybridized carbons (Fsp3) is 0.417. The maximum Gasteiger partial charge on any atom is 0.338 e. The van der Waals surface area contributed by atoms with E-state index in [1.54, 1.807) is 0 Å². The molecular formula is C12H13ClN2O4. The standard InChI is InChI=1S/C12H13ClN2O4/c13-9-7-10(14-4-2-1-3-5-14)8(12(16)17)6-11(9)15(18)19/h6-7H,1-5H2,(H,16,17). The molecular weight excluding hydrogens is 272 g/mol. The second kappa shape index (κ2) is 5.44. The smallest absolute Gasteiger partial charge is 0.338 e. The van der Waals surface area contributed by atoms with E-state index in [1.165, 1.54) is 6.07 Å². The molecule has 1 heterocycles. The molecule has 1 aliphatic rings. The minimum Gasteiger partial charge on any atom is -0.478 e. The number of nitro groups is 1. The predicted octanol–water partition coefficient (Wildman–Crippen LogP) is 2.94. The molecule has 102 valence electrons. The van der Waals surface area contributed by atoms with Crippen LogP contribution >= 0.6 is 11.6 Å². The molecule has 19 heavy (non-hydrogen) atoms. The molecule has 0 saturated carbocycles. The van der Waals surface area contributed by atoms with Crippen molar-refractivity contribution in [3.05, 3.63) is 32.8 Å². The number of benzene rings is 1. The molecule has 0 atom stereocenters. The second-order valence-corrected chi connectivity index (χ2v) is 4.84. The Bertz CT molecular complexity index is 527. The third kappa shape index (κ3) is 2.78. The average molecular weight is 285 g/mol. The quantitative estimate of drug-likeness (QED) is 0.681. The van der Waals surface area contributed by atoms with Crippen LogP contribution in [0.5, 0.6) is 0 Å². The number of halogens is 1. The first-order valence-electron chi connectivity index (χ1n) is 5.97. The summed E-state index contributed by atoms with van der Waals surface area (Å²) in [6, 6.07) is 2.42. The summed E-state index contributed by atoms with van der Waals surface area (Å²) in [6.07, 6.45) is 3.07. The lowest BCUT2D eigenvalue weighted by Crippen LogP contribution is -2.30. The molecule has 6 nitrogen and oxygen atoms in total. The highest BCUT2D eigenvalue weighted by molar-refractivity contribution is 6.33. The van der Waals surface area contributed by atoms with Gasteiger partial charge in [-0.2, -0.15) is 0 Å². The van der Waals surface area contributed by atoms with Crippen molar-refractivity contribution in [2.45, 2.75) is 19.3 Å². The van der Waals surface area contributed by atoms with Crippen LogP contribution in [0.4, 0.5) is 11.4 Å². The van der Waals surface area contributed by atoms with Crippen LogP contribution in [0.2, 0.25) is 5.02 Å². The van der Waals surface area contributed by atoms with Gasteiger partial charge < -0.3 is 10.0 Å². The third-order valence-electron chi connectivity index (χ3n) is 3.19. The first kappa shape index (κ1) is 13.6. The Balaban J connectivity index is 2.49. The van der Waals surface area contributed by atoms with Crippen LogP contribution < -0.4 is 4.90 Å². The van der Waals surface area contributed by atoms with Gasteiger partial charge in [-0.25, -0.2) is 4.79 Å². The van der Waals surface area contributed by atoms with Gasteiger partial charge in [0.2, 0.25) is 0 Å². The van der Waals surface area contributed by atoms with Crippen molar-refractivity contribution in [1.82, 2.24) is 0 Å². The first-order chi connectivity index (χ1) is 9.00. The van der Waals surface area contributed by atoms with E-state index in [0.29, 0.717) is 5.69 Å². The number of rotatable bonds is 3. The summed E-state index contributed by atoms with van der Waals surface area (Å²) in [5, 5.41) is 20.0. The molecule has 0 radical (unpaired) electrons. The monoisotopic (exact) mass is 284 g/mol. The van der Waals surface area contributed by atoms with Gasteiger partial charge >= 0.3 is 5.97 Å². The van der Waals surface area contributed by atoms with Crippen molar-refractivity contribution in [3.63, 3.8) is 0 Å². The average Bonchev–Trinajstić information content (AvgIpc) is 2.38. The van der Waals surface area contributed by atoms with E-state index in [9.17, 15) is 20.0 Å². The highest BCUT2D eigenvalue weighted by Crippen LogP contribution is 2.34. The van der Waals surface area contributed by atoms with Crippen LogP contribution in [-0.4, -0.2) is 29.1 Å². The minimum atomic E-state index is -1.18. The normalized spacial score (nSPS) is 15.3. The van der Waals surface area contributed by atoms with E-state index in [1.807, 2.05) is 4.90 Å². The summed E-state index contributed by atoms with van der Waals surface area (Å²) in [5.74, 6) is -1.18. The van der Waals surface area contributed by atoms with Crippen LogP contribution in [0.15, 0.2) is 12.1 Å². The van der Waals surface area contributed by atoms with E-state index >= 15 is 0 Å². The number of carbonyl (C=O) groups is 1. The zero-order valence-corrected chi connectivity index (χ0v) is 10.9. The number of hydrogen-bond donors (Lipinski definition) is 1. The molecule has 0 aromatic heterocycles. The first-order valence-corrected chi connectivity index (χ1v) is 6.34. The van der Waals surface area contributed by atoms with Gasteiger partial charge in [-0.1, -0.05) is 11.6 Å². The maximum absolute atomic E-state index is 11.3. The number of piperidine rings is 1. The van der Waals surface area contributed by atoms with E-state index < -0.39 is 10.9 Å². The van der Waals surface area contributed by atoms with Crippen molar-refractivity contribution in [2.24, 2.45) is 0 Å². The van der Waals surface area contributed by atoms with Crippen LogP contribution in [-0.2, 0) is 0 Å². The Kier molecular flexibility index (Phi) is 3.90. The molecule has 1 saturated heterocycles. The van der Waals surface area contributed by atoms with E-state index in [4.69, 9.17) is 11.6 Å². The zero-order valence-electron chi connectivity index (χ0n) is 10.1. The molecule has 1 N–H and O–H groups in total. The number of carboxylic acids is 1. The Morgan fingerprint density at radius 2 is 1.95 bits per heavy atom. The fourth-order valence-corrected chi connectivity index (χ4v) is 2.49. The van der Waals surface area contributed by atoms with Crippen molar-refractivity contribution >= 4 is 28.9 Å². The van der Waals surface area contributed by atoms with Gasteiger partial charge in [0.1, 0.15) is 5.02 Å². The summed E-state index contributed by atoms with van der Waals surface area (Å²) in [6.45, 7) is 1.49. The topological polar surface area (TPSA) is 83.7 Å². The third-order valence-corrected chi connectivity index (χ3v) is 3.49. The SMILES string of the molecule is O=C(O)c1cc([N+](=O)[O-])c(Cl)cc1N1CCCCC1. The van der Waals surface area contributed by atoms with Crippen LogP contribution in [0.3, 0.4) is 0 Å². The molecule has 1 aromatic carbocycles. The van der Waals surface area contributed by atoms with Gasteiger partial charge in [-0.3, -0.25) is 10.1 Å². The van der Waals surface area contributed by atoms with Gasteiger partial charge in [0.15, 0.2) is 0 Å². The molecule has 1 aliphatic heterocycles. The zero-order chi connectivity index (χ0) is 14.0. The largest absolute Gasteiger partial charge is 0.478 e.